The van der Waals surface area contributed by atoms with Crippen LogP contribution in [0.1, 0.15) is 19.3 Å². The minimum absolute atomic E-state index is 0.0128. The quantitative estimate of drug-likeness (QED) is 0.734. The van der Waals surface area contributed by atoms with Gasteiger partial charge in [0.2, 0.25) is 10.0 Å². The zero-order valence-electron chi connectivity index (χ0n) is 10.1. The first kappa shape index (κ1) is 15.8. The van der Waals surface area contributed by atoms with Crippen molar-refractivity contribution in [3.63, 3.8) is 0 Å². The van der Waals surface area contributed by atoms with Crippen molar-refractivity contribution in [2.45, 2.75) is 30.2 Å². The Bertz CT molecular complexity index is 565. The zero-order chi connectivity index (χ0) is 14.0. The molecule has 1 aliphatic carbocycles. The molecule has 0 saturated heterocycles. The Morgan fingerprint density at radius 3 is 2.74 bits per heavy atom. The molecule has 1 fully saturated rings. The Morgan fingerprint density at radius 2 is 2.11 bits per heavy atom. The van der Waals surface area contributed by atoms with E-state index in [0.717, 1.165) is 24.6 Å². The van der Waals surface area contributed by atoms with Crippen molar-refractivity contribution >= 4 is 53.5 Å². The van der Waals surface area contributed by atoms with Gasteiger partial charge in [-0.3, -0.25) is 0 Å². The summed E-state index contributed by atoms with van der Waals surface area (Å²) in [5.41, 5.74) is 0. The Kier molecular flexibility index (Phi) is 5.34. The number of benzene rings is 1. The van der Waals surface area contributed by atoms with E-state index in [4.69, 9.17) is 11.6 Å². The number of alkyl halides is 1. The van der Waals surface area contributed by atoms with Crippen molar-refractivity contribution < 1.29 is 8.42 Å². The Hall–Kier alpha value is 0.380. The molecule has 19 heavy (non-hydrogen) atoms. The highest BCUT2D eigenvalue weighted by Gasteiger charge is 2.30. The zero-order valence-corrected chi connectivity index (χ0v) is 14.8. The molecule has 0 amide bonds. The highest BCUT2D eigenvalue weighted by Crippen LogP contribution is 2.30. The fraction of sp³-hybridized carbons (Fsp3) is 0.500. The number of hydrogen-bond donors (Lipinski definition) is 1. The van der Waals surface area contributed by atoms with Crippen molar-refractivity contribution in [1.82, 2.24) is 4.72 Å². The fourth-order valence-corrected chi connectivity index (χ4v) is 5.08. The van der Waals surface area contributed by atoms with Gasteiger partial charge >= 0.3 is 0 Å². The van der Waals surface area contributed by atoms with Gasteiger partial charge in [0.1, 0.15) is 0 Å². The third-order valence-electron chi connectivity index (χ3n) is 3.37. The van der Waals surface area contributed by atoms with E-state index in [1.165, 1.54) is 12.1 Å². The maximum absolute atomic E-state index is 12.3. The lowest BCUT2D eigenvalue weighted by atomic mass is 10.1. The van der Waals surface area contributed by atoms with Crippen molar-refractivity contribution in [2.75, 3.05) is 5.33 Å². The third-order valence-corrected chi connectivity index (χ3v) is 6.90. The maximum atomic E-state index is 12.3. The summed E-state index contributed by atoms with van der Waals surface area (Å²) in [6.45, 7) is 0. The molecule has 3 nitrogen and oxygen atoms in total. The standard InChI is InChI=1S/C12H14Br2ClNO2S/c13-7-8-2-1-3-12(8)16-19(17,18)9-4-5-11(15)10(14)6-9/h4-6,8,12,16H,1-3,7H2. The van der Waals surface area contributed by atoms with E-state index in [9.17, 15) is 8.42 Å². The Labute approximate surface area is 135 Å². The van der Waals surface area contributed by atoms with E-state index in [2.05, 4.69) is 36.6 Å². The van der Waals surface area contributed by atoms with Crippen LogP contribution in [0.5, 0.6) is 0 Å². The number of rotatable bonds is 4. The van der Waals surface area contributed by atoms with Gasteiger partial charge in [0.25, 0.3) is 0 Å². The van der Waals surface area contributed by atoms with Crippen LogP contribution < -0.4 is 4.72 Å². The lowest BCUT2D eigenvalue weighted by molar-refractivity contribution is 0.484. The molecule has 1 aromatic carbocycles. The van der Waals surface area contributed by atoms with Crippen LogP contribution in [-0.2, 0) is 10.0 Å². The number of sulfonamides is 1. The largest absolute Gasteiger partial charge is 0.240 e. The molecular weight excluding hydrogens is 417 g/mol. The summed E-state index contributed by atoms with van der Waals surface area (Å²) in [7, 11) is -3.49. The second-order valence-corrected chi connectivity index (χ2v) is 8.27. The molecule has 0 aromatic heterocycles. The first-order valence-corrected chi connectivity index (χ1v) is 9.75. The number of hydrogen-bond acceptors (Lipinski definition) is 2. The topological polar surface area (TPSA) is 46.2 Å². The highest BCUT2D eigenvalue weighted by atomic mass is 79.9. The molecule has 1 aliphatic rings. The molecule has 0 radical (unpaired) electrons. The van der Waals surface area contributed by atoms with Gasteiger partial charge < -0.3 is 0 Å². The number of nitrogens with one attached hydrogen (secondary N) is 1. The van der Waals surface area contributed by atoms with Gasteiger partial charge in [-0.25, -0.2) is 13.1 Å². The van der Waals surface area contributed by atoms with Crippen molar-refractivity contribution in [3.8, 4) is 0 Å². The monoisotopic (exact) mass is 429 g/mol. The molecule has 0 heterocycles. The first-order valence-electron chi connectivity index (χ1n) is 5.97. The van der Waals surface area contributed by atoms with Crippen LogP contribution in [0.25, 0.3) is 0 Å². The molecule has 1 saturated carbocycles. The summed E-state index contributed by atoms with van der Waals surface area (Å²) < 4.78 is 28.0. The highest BCUT2D eigenvalue weighted by molar-refractivity contribution is 9.10. The van der Waals surface area contributed by atoms with Crippen LogP contribution in [0, 0.1) is 5.92 Å². The Morgan fingerprint density at radius 1 is 1.37 bits per heavy atom. The summed E-state index contributed by atoms with van der Waals surface area (Å²) in [4.78, 5) is 0.240. The second-order valence-electron chi connectivity index (χ2n) is 4.65. The van der Waals surface area contributed by atoms with Crippen LogP contribution in [-0.4, -0.2) is 19.8 Å². The van der Waals surface area contributed by atoms with E-state index in [0.29, 0.717) is 15.4 Å². The van der Waals surface area contributed by atoms with Crippen molar-refractivity contribution in [3.05, 3.63) is 27.7 Å². The van der Waals surface area contributed by atoms with Gasteiger partial charge in [-0.15, -0.1) is 0 Å². The molecule has 7 heteroatoms. The van der Waals surface area contributed by atoms with Gasteiger partial charge in [-0.05, 0) is 52.9 Å². The van der Waals surface area contributed by atoms with Crippen LogP contribution in [0.4, 0.5) is 0 Å². The van der Waals surface area contributed by atoms with Gasteiger partial charge in [0.05, 0.1) is 9.92 Å². The smallest absolute Gasteiger partial charge is 0.208 e. The lowest BCUT2D eigenvalue weighted by Crippen LogP contribution is -2.37. The summed E-state index contributed by atoms with van der Waals surface area (Å²) >= 11 is 12.6. The van der Waals surface area contributed by atoms with E-state index in [1.807, 2.05) is 0 Å². The van der Waals surface area contributed by atoms with Crippen molar-refractivity contribution in [1.29, 1.82) is 0 Å². The molecular formula is C12H14Br2ClNO2S. The molecule has 0 bridgehead atoms. The lowest BCUT2D eigenvalue weighted by Gasteiger charge is -2.19. The average Bonchev–Trinajstić information content (AvgIpc) is 2.79. The van der Waals surface area contributed by atoms with Gasteiger partial charge in [-0.1, -0.05) is 34.0 Å². The second kappa shape index (κ2) is 6.43. The summed E-state index contributed by atoms with van der Waals surface area (Å²) in [6, 6.07) is 4.64. The van der Waals surface area contributed by atoms with Crippen LogP contribution in [0.15, 0.2) is 27.6 Å². The molecule has 0 spiro atoms. The van der Waals surface area contributed by atoms with Crippen LogP contribution >= 0.6 is 43.5 Å². The fourth-order valence-electron chi connectivity index (χ4n) is 2.29. The molecule has 106 valence electrons. The van der Waals surface area contributed by atoms with Gasteiger partial charge in [-0.2, -0.15) is 0 Å². The number of halogens is 3. The minimum Gasteiger partial charge on any atom is -0.208 e. The van der Waals surface area contributed by atoms with E-state index >= 15 is 0 Å². The molecule has 2 unspecified atom stereocenters. The van der Waals surface area contributed by atoms with Crippen molar-refractivity contribution in [2.24, 2.45) is 5.92 Å². The summed E-state index contributed by atoms with van der Waals surface area (Å²) in [6.07, 6.45) is 3.01. The average molecular weight is 432 g/mol. The van der Waals surface area contributed by atoms with Gasteiger partial charge in [0, 0.05) is 15.8 Å². The molecule has 1 aromatic rings. The SMILES string of the molecule is O=S(=O)(NC1CCCC1CBr)c1ccc(Cl)c(Br)c1. The Balaban J connectivity index is 2.20. The maximum Gasteiger partial charge on any atom is 0.240 e. The molecule has 1 N–H and O–H groups in total. The molecule has 0 aliphatic heterocycles. The molecule has 2 atom stereocenters. The minimum atomic E-state index is -3.49. The van der Waals surface area contributed by atoms with E-state index in [-0.39, 0.29) is 10.9 Å². The normalized spacial score (nSPS) is 23.7. The predicted molar refractivity (Wildman–Crippen MR) is 84.4 cm³/mol. The predicted octanol–water partition coefficient (Wildman–Crippen LogP) is 3.94. The molecule has 2 rings (SSSR count). The van der Waals surface area contributed by atoms with Gasteiger partial charge in [0.15, 0.2) is 0 Å². The first-order chi connectivity index (χ1) is 8.94. The third kappa shape index (κ3) is 3.73. The summed E-state index contributed by atoms with van der Waals surface area (Å²) in [5.74, 6) is 0.366. The van der Waals surface area contributed by atoms with Crippen LogP contribution in [0.2, 0.25) is 5.02 Å². The van der Waals surface area contributed by atoms with Crippen LogP contribution in [0.3, 0.4) is 0 Å². The summed E-state index contributed by atoms with van der Waals surface area (Å²) in [5, 5.41) is 1.32. The van der Waals surface area contributed by atoms with E-state index < -0.39 is 10.0 Å². The van der Waals surface area contributed by atoms with E-state index in [1.54, 1.807) is 6.07 Å².